The number of hydrogen-bond donors (Lipinski definition) is 1. The standard InChI is InChI=1S/C21H21FN2O3/c1-27-20(25)11-13-24(21(26)17-7-2-4-8-18(17)22)12-10-15-14-23-19-9-5-3-6-16(15)19/h2-9,14,23H,10-13H2,1H3. The number of hydrogen-bond acceptors (Lipinski definition) is 3. The monoisotopic (exact) mass is 368 g/mol. The second-order valence-corrected chi connectivity index (χ2v) is 6.21. The minimum absolute atomic E-state index is 0.00120. The van der Waals surface area contributed by atoms with Gasteiger partial charge in [0.05, 0.1) is 19.1 Å². The molecule has 0 saturated carbocycles. The third kappa shape index (κ3) is 4.34. The zero-order valence-corrected chi connectivity index (χ0v) is 15.1. The summed E-state index contributed by atoms with van der Waals surface area (Å²) in [6.45, 7) is 0.536. The Morgan fingerprint density at radius 2 is 1.81 bits per heavy atom. The Bertz CT molecular complexity index is 951. The van der Waals surface area contributed by atoms with E-state index in [4.69, 9.17) is 0 Å². The van der Waals surface area contributed by atoms with Crippen molar-refractivity contribution in [2.45, 2.75) is 12.8 Å². The molecule has 3 aromatic rings. The first-order valence-electron chi connectivity index (χ1n) is 8.75. The van der Waals surface area contributed by atoms with E-state index in [1.807, 2.05) is 30.5 Å². The minimum Gasteiger partial charge on any atom is -0.469 e. The second kappa shape index (κ2) is 8.49. The molecule has 1 amide bonds. The number of aromatic nitrogens is 1. The van der Waals surface area contributed by atoms with Gasteiger partial charge in [0.25, 0.3) is 5.91 Å². The van der Waals surface area contributed by atoms with Crippen LogP contribution in [-0.2, 0) is 16.0 Å². The highest BCUT2D eigenvalue weighted by Crippen LogP contribution is 2.19. The summed E-state index contributed by atoms with van der Waals surface area (Å²) in [6.07, 6.45) is 2.56. The first-order valence-corrected chi connectivity index (χ1v) is 8.75. The number of esters is 1. The average Bonchev–Trinajstić information content (AvgIpc) is 3.11. The molecule has 3 rings (SSSR count). The summed E-state index contributed by atoms with van der Waals surface area (Å²) in [4.78, 5) is 29.0. The maximum Gasteiger partial charge on any atom is 0.307 e. The van der Waals surface area contributed by atoms with Crippen molar-refractivity contribution in [3.05, 3.63) is 71.7 Å². The predicted octanol–water partition coefficient (Wildman–Crippen LogP) is 3.56. The molecule has 0 aliphatic rings. The summed E-state index contributed by atoms with van der Waals surface area (Å²) < 4.78 is 18.7. The van der Waals surface area contributed by atoms with Crippen LogP contribution in [0.2, 0.25) is 0 Å². The van der Waals surface area contributed by atoms with Gasteiger partial charge in [-0.2, -0.15) is 0 Å². The molecule has 0 saturated heterocycles. The smallest absolute Gasteiger partial charge is 0.307 e. The molecule has 0 unspecified atom stereocenters. The van der Waals surface area contributed by atoms with Gasteiger partial charge in [-0.1, -0.05) is 30.3 Å². The molecule has 5 nitrogen and oxygen atoms in total. The summed E-state index contributed by atoms with van der Waals surface area (Å²) in [5, 5.41) is 1.09. The second-order valence-electron chi connectivity index (χ2n) is 6.21. The van der Waals surface area contributed by atoms with E-state index in [1.165, 1.54) is 30.2 Å². The number of halogens is 1. The van der Waals surface area contributed by atoms with Crippen LogP contribution in [0, 0.1) is 5.82 Å². The largest absolute Gasteiger partial charge is 0.469 e. The lowest BCUT2D eigenvalue weighted by Gasteiger charge is -2.22. The van der Waals surface area contributed by atoms with Crippen LogP contribution in [0.1, 0.15) is 22.3 Å². The van der Waals surface area contributed by atoms with E-state index in [9.17, 15) is 14.0 Å². The van der Waals surface area contributed by atoms with Gasteiger partial charge in [0.1, 0.15) is 5.82 Å². The van der Waals surface area contributed by atoms with Crippen LogP contribution in [0.3, 0.4) is 0 Å². The summed E-state index contributed by atoms with van der Waals surface area (Å²) in [5.41, 5.74) is 2.09. The quantitative estimate of drug-likeness (QED) is 0.649. The Morgan fingerprint density at radius 3 is 2.59 bits per heavy atom. The van der Waals surface area contributed by atoms with Gasteiger partial charge in [-0.05, 0) is 30.2 Å². The predicted molar refractivity (Wildman–Crippen MR) is 101 cm³/mol. The molecule has 27 heavy (non-hydrogen) atoms. The lowest BCUT2D eigenvalue weighted by Crippen LogP contribution is -2.35. The first-order chi connectivity index (χ1) is 13.1. The third-order valence-corrected chi connectivity index (χ3v) is 4.53. The molecule has 1 N–H and O–H groups in total. The maximum atomic E-state index is 14.0. The van der Waals surface area contributed by atoms with E-state index in [-0.39, 0.29) is 18.5 Å². The third-order valence-electron chi connectivity index (χ3n) is 4.53. The summed E-state index contributed by atoms with van der Waals surface area (Å²) in [7, 11) is 1.30. The van der Waals surface area contributed by atoms with Crippen LogP contribution < -0.4 is 0 Å². The minimum atomic E-state index is -0.572. The number of H-pyrrole nitrogens is 1. The lowest BCUT2D eigenvalue weighted by molar-refractivity contribution is -0.140. The van der Waals surface area contributed by atoms with Gasteiger partial charge in [0, 0.05) is 30.2 Å². The zero-order valence-electron chi connectivity index (χ0n) is 15.1. The fraction of sp³-hybridized carbons (Fsp3) is 0.238. The van der Waals surface area contributed by atoms with Crippen LogP contribution in [-0.4, -0.2) is 42.0 Å². The van der Waals surface area contributed by atoms with Gasteiger partial charge < -0.3 is 14.6 Å². The maximum absolute atomic E-state index is 14.0. The molecule has 6 heteroatoms. The van der Waals surface area contributed by atoms with Crippen LogP contribution in [0.15, 0.2) is 54.7 Å². The molecule has 1 aromatic heterocycles. The number of rotatable bonds is 7. The molecule has 0 atom stereocenters. The van der Waals surface area contributed by atoms with E-state index in [0.717, 1.165) is 16.5 Å². The molecule has 0 bridgehead atoms. The fourth-order valence-electron chi connectivity index (χ4n) is 3.04. The molecule has 140 valence electrons. The van der Waals surface area contributed by atoms with Crippen molar-refractivity contribution in [3.8, 4) is 0 Å². The highest BCUT2D eigenvalue weighted by molar-refractivity contribution is 5.94. The number of amides is 1. The van der Waals surface area contributed by atoms with Crippen molar-refractivity contribution < 1.29 is 18.7 Å². The van der Waals surface area contributed by atoms with Gasteiger partial charge in [0.2, 0.25) is 0 Å². The normalized spacial score (nSPS) is 10.7. The number of carbonyl (C=O) groups excluding carboxylic acids is 2. The molecule has 0 aliphatic heterocycles. The molecule has 0 radical (unpaired) electrons. The van der Waals surface area contributed by atoms with Crippen molar-refractivity contribution in [2.75, 3.05) is 20.2 Å². The number of para-hydroxylation sites is 1. The van der Waals surface area contributed by atoms with Crippen LogP contribution >= 0.6 is 0 Å². The SMILES string of the molecule is COC(=O)CCN(CCc1c[nH]c2ccccc12)C(=O)c1ccccc1F. The Hall–Kier alpha value is -3.15. The number of ether oxygens (including phenoxy) is 1. The number of nitrogens with zero attached hydrogens (tertiary/aromatic N) is 1. The Kier molecular flexibility index (Phi) is 5.86. The van der Waals surface area contributed by atoms with Crippen molar-refractivity contribution in [1.29, 1.82) is 0 Å². The van der Waals surface area contributed by atoms with E-state index in [2.05, 4.69) is 9.72 Å². The number of fused-ring (bicyclic) bond motifs is 1. The van der Waals surface area contributed by atoms with Gasteiger partial charge in [-0.15, -0.1) is 0 Å². The summed E-state index contributed by atoms with van der Waals surface area (Å²) >= 11 is 0. The molecule has 0 fully saturated rings. The van der Waals surface area contributed by atoms with Gasteiger partial charge in [-0.3, -0.25) is 9.59 Å². The zero-order chi connectivity index (χ0) is 19.2. The van der Waals surface area contributed by atoms with Crippen LogP contribution in [0.25, 0.3) is 10.9 Å². The van der Waals surface area contributed by atoms with Crippen molar-refractivity contribution in [3.63, 3.8) is 0 Å². The van der Waals surface area contributed by atoms with E-state index >= 15 is 0 Å². The summed E-state index contributed by atoms with van der Waals surface area (Å²) in [6, 6.07) is 13.8. The Balaban J connectivity index is 1.78. The molecule has 0 spiro atoms. The van der Waals surface area contributed by atoms with E-state index in [1.54, 1.807) is 6.07 Å². The van der Waals surface area contributed by atoms with Gasteiger partial charge in [0.15, 0.2) is 0 Å². The number of nitrogens with one attached hydrogen (secondary N) is 1. The summed E-state index contributed by atoms with van der Waals surface area (Å²) in [5.74, 6) is -1.41. The highest BCUT2D eigenvalue weighted by atomic mass is 19.1. The van der Waals surface area contributed by atoms with Crippen LogP contribution in [0.5, 0.6) is 0 Å². The van der Waals surface area contributed by atoms with E-state index < -0.39 is 17.7 Å². The van der Waals surface area contributed by atoms with Gasteiger partial charge in [-0.25, -0.2) is 4.39 Å². The van der Waals surface area contributed by atoms with Crippen molar-refractivity contribution in [1.82, 2.24) is 9.88 Å². The van der Waals surface area contributed by atoms with E-state index in [0.29, 0.717) is 13.0 Å². The molecule has 0 aliphatic carbocycles. The Labute approximate surface area is 156 Å². The molecule has 2 aromatic carbocycles. The molecular weight excluding hydrogens is 347 g/mol. The topological polar surface area (TPSA) is 62.4 Å². The highest BCUT2D eigenvalue weighted by Gasteiger charge is 2.20. The Morgan fingerprint density at radius 1 is 1.07 bits per heavy atom. The number of methoxy groups -OCH3 is 1. The van der Waals surface area contributed by atoms with Crippen LogP contribution in [0.4, 0.5) is 4.39 Å². The number of carbonyl (C=O) groups is 2. The number of aromatic amines is 1. The lowest BCUT2D eigenvalue weighted by atomic mass is 10.1. The molecular formula is C21H21FN2O3. The van der Waals surface area contributed by atoms with Crippen molar-refractivity contribution >= 4 is 22.8 Å². The number of benzene rings is 2. The van der Waals surface area contributed by atoms with Gasteiger partial charge >= 0.3 is 5.97 Å². The average molecular weight is 368 g/mol. The first kappa shape index (κ1) is 18.6. The molecule has 1 heterocycles. The fourth-order valence-corrected chi connectivity index (χ4v) is 3.04. The van der Waals surface area contributed by atoms with Crippen molar-refractivity contribution in [2.24, 2.45) is 0 Å².